The summed E-state index contributed by atoms with van der Waals surface area (Å²) in [7, 11) is 0. The molecule has 1 aliphatic carbocycles. The standard InChI is InChI=1S/C26H31FN4O3/c1-16-20(15-34-31-16)26(32)30-23(18-7-5-3-2-4-6-8-18)25-28-21-10-9-19(22(27)24(21)29-25)17-11-13-33-14-12-17/h9-11,15,18,23H,2-8,12-14H2,1H3,(H,28,29)(H,30,32). The second kappa shape index (κ2) is 10.1. The Balaban J connectivity index is 1.51. The van der Waals surface area contributed by atoms with Crippen molar-refractivity contribution in [1.29, 1.82) is 0 Å². The molecule has 180 valence electrons. The summed E-state index contributed by atoms with van der Waals surface area (Å²) in [4.78, 5) is 21.1. The topological polar surface area (TPSA) is 93.0 Å². The molecule has 1 atom stereocenters. The van der Waals surface area contributed by atoms with E-state index in [0.717, 1.165) is 31.3 Å². The number of aromatic nitrogens is 3. The molecule has 0 radical (unpaired) electrons. The molecule has 1 fully saturated rings. The SMILES string of the molecule is Cc1nocc1C(=O)NC(c1nc2c(F)c(C3=CCOCC3)ccc2[nH]1)C1CCCCCCC1. The molecule has 2 aliphatic rings. The maximum Gasteiger partial charge on any atom is 0.257 e. The van der Waals surface area contributed by atoms with Crippen LogP contribution < -0.4 is 5.32 Å². The Labute approximate surface area is 198 Å². The van der Waals surface area contributed by atoms with Crippen molar-refractivity contribution in [2.45, 2.75) is 64.3 Å². The largest absolute Gasteiger partial charge is 0.377 e. The molecule has 34 heavy (non-hydrogen) atoms. The van der Waals surface area contributed by atoms with Crippen LogP contribution in [0.25, 0.3) is 16.6 Å². The number of carbonyl (C=O) groups excluding carboxylic acids is 1. The normalized spacial score (nSPS) is 18.8. The Morgan fingerprint density at radius 2 is 2.00 bits per heavy atom. The summed E-state index contributed by atoms with van der Waals surface area (Å²) < 4.78 is 25.9. The number of imidazole rings is 1. The van der Waals surface area contributed by atoms with Crippen molar-refractivity contribution in [3.63, 3.8) is 0 Å². The monoisotopic (exact) mass is 466 g/mol. The van der Waals surface area contributed by atoms with Crippen LogP contribution in [0.4, 0.5) is 4.39 Å². The fourth-order valence-corrected chi connectivity index (χ4v) is 5.19. The van der Waals surface area contributed by atoms with E-state index in [4.69, 9.17) is 14.2 Å². The molecule has 2 aromatic heterocycles. The van der Waals surface area contributed by atoms with E-state index in [1.54, 1.807) is 13.0 Å². The molecule has 1 amide bonds. The quantitative estimate of drug-likeness (QED) is 0.508. The molecule has 3 heterocycles. The van der Waals surface area contributed by atoms with Crippen LogP contribution in [-0.4, -0.2) is 34.2 Å². The summed E-state index contributed by atoms with van der Waals surface area (Å²) in [5.74, 6) is 0.233. The van der Waals surface area contributed by atoms with Gasteiger partial charge in [-0.3, -0.25) is 4.79 Å². The van der Waals surface area contributed by atoms with Gasteiger partial charge in [0, 0.05) is 5.56 Å². The molecule has 1 unspecified atom stereocenters. The fraction of sp³-hybridized carbons (Fsp3) is 0.500. The average Bonchev–Trinajstić information content (AvgIpc) is 3.45. The molecule has 0 saturated heterocycles. The van der Waals surface area contributed by atoms with Crippen molar-refractivity contribution < 1.29 is 18.4 Å². The number of rotatable bonds is 5. The van der Waals surface area contributed by atoms with E-state index in [9.17, 15) is 4.79 Å². The van der Waals surface area contributed by atoms with Crippen LogP contribution in [0, 0.1) is 18.7 Å². The minimum Gasteiger partial charge on any atom is -0.377 e. The summed E-state index contributed by atoms with van der Waals surface area (Å²) in [6, 6.07) is 3.33. The number of hydrogen-bond donors (Lipinski definition) is 2. The number of halogens is 1. The Kier molecular flexibility index (Phi) is 6.76. The number of hydrogen-bond acceptors (Lipinski definition) is 5. The predicted octanol–water partition coefficient (Wildman–Crippen LogP) is 5.63. The number of nitrogens with zero attached hydrogens (tertiary/aromatic N) is 2. The summed E-state index contributed by atoms with van der Waals surface area (Å²) in [6.07, 6.45) is 11.8. The molecule has 2 N–H and O–H groups in total. The summed E-state index contributed by atoms with van der Waals surface area (Å²) in [6.45, 7) is 2.83. The van der Waals surface area contributed by atoms with Crippen LogP contribution in [0.5, 0.6) is 0 Å². The second-order valence-corrected chi connectivity index (χ2v) is 9.37. The van der Waals surface area contributed by atoms with Gasteiger partial charge in [0.25, 0.3) is 5.91 Å². The maximum atomic E-state index is 15.6. The van der Waals surface area contributed by atoms with Crippen molar-refractivity contribution in [1.82, 2.24) is 20.4 Å². The molecular weight excluding hydrogens is 435 g/mol. The van der Waals surface area contributed by atoms with E-state index < -0.39 is 0 Å². The lowest BCUT2D eigenvalue weighted by Gasteiger charge is -2.28. The number of carbonyl (C=O) groups is 1. The Hall–Kier alpha value is -3.00. The van der Waals surface area contributed by atoms with E-state index >= 15 is 4.39 Å². The molecule has 8 heteroatoms. The van der Waals surface area contributed by atoms with Gasteiger partial charge in [-0.1, -0.05) is 43.3 Å². The lowest BCUT2D eigenvalue weighted by molar-refractivity contribution is 0.0911. The van der Waals surface area contributed by atoms with E-state index in [0.29, 0.717) is 53.3 Å². The van der Waals surface area contributed by atoms with E-state index in [1.165, 1.54) is 25.5 Å². The van der Waals surface area contributed by atoms with Crippen LogP contribution in [0.3, 0.4) is 0 Å². The summed E-state index contributed by atoms with van der Waals surface area (Å²) in [5, 5.41) is 7.00. The first kappa shape index (κ1) is 22.8. The van der Waals surface area contributed by atoms with Crippen molar-refractivity contribution in [2.24, 2.45) is 5.92 Å². The number of H-pyrrole nitrogens is 1. The Morgan fingerprint density at radius 3 is 2.71 bits per heavy atom. The van der Waals surface area contributed by atoms with Gasteiger partial charge in [-0.25, -0.2) is 9.37 Å². The van der Waals surface area contributed by atoms with E-state index in [-0.39, 0.29) is 23.7 Å². The van der Waals surface area contributed by atoms with Crippen molar-refractivity contribution in [2.75, 3.05) is 13.2 Å². The third-order valence-electron chi connectivity index (χ3n) is 7.12. The highest BCUT2D eigenvalue weighted by Gasteiger charge is 2.30. The Morgan fingerprint density at radius 1 is 1.21 bits per heavy atom. The molecule has 1 aromatic carbocycles. The maximum absolute atomic E-state index is 15.6. The van der Waals surface area contributed by atoms with E-state index in [1.807, 2.05) is 12.1 Å². The van der Waals surface area contributed by atoms with Crippen LogP contribution in [0.1, 0.15) is 84.8 Å². The zero-order chi connectivity index (χ0) is 23.5. The van der Waals surface area contributed by atoms with Gasteiger partial charge in [0.1, 0.15) is 23.2 Å². The number of benzene rings is 1. The lowest BCUT2D eigenvalue weighted by Crippen LogP contribution is -2.35. The van der Waals surface area contributed by atoms with Crippen molar-refractivity contribution in [3.05, 3.63) is 52.9 Å². The van der Waals surface area contributed by atoms with Gasteiger partial charge < -0.3 is 19.6 Å². The number of ether oxygens (including phenoxy) is 1. The van der Waals surface area contributed by atoms with Crippen LogP contribution in [0.15, 0.2) is 29.0 Å². The molecule has 0 bridgehead atoms. The molecule has 7 nitrogen and oxygen atoms in total. The van der Waals surface area contributed by atoms with Crippen molar-refractivity contribution in [3.8, 4) is 0 Å². The number of nitrogens with one attached hydrogen (secondary N) is 2. The van der Waals surface area contributed by atoms with Gasteiger partial charge in [-0.15, -0.1) is 0 Å². The molecule has 1 saturated carbocycles. The highest BCUT2D eigenvalue weighted by atomic mass is 19.1. The predicted molar refractivity (Wildman–Crippen MR) is 127 cm³/mol. The highest BCUT2D eigenvalue weighted by molar-refractivity contribution is 5.95. The first-order valence-electron chi connectivity index (χ1n) is 12.3. The highest BCUT2D eigenvalue weighted by Crippen LogP contribution is 2.35. The number of aryl methyl sites for hydroxylation is 1. The Bertz CT molecular complexity index is 1190. The molecule has 3 aromatic rings. The van der Waals surface area contributed by atoms with E-state index in [2.05, 4.69) is 15.5 Å². The fourth-order valence-electron chi connectivity index (χ4n) is 5.19. The van der Waals surface area contributed by atoms with Gasteiger partial charge in [0.2, 0.25) is 0 Å². The van der Waals surface area contributed by atoms with Gasteiger partial charge in [0.15, 0.2) is 5.82 Å². The lowest BCUT2D eigenvalue weighted by atomic mass is 9.85. The number of aromatic amines is 1. The first-order valence-corrected chi connectivity index (χ1v) is 12.3. The molecule has 0 spiro atoms. The summed E-state index contributed by atoms with van der Waals surface area (Å²) in [5.41, 5.74) is 3.41. The molecule has 1 aliphatic heterocycles. The first-order chi connectivity index (χ1) is 16.6. The third kappa shape index (κ3) is 4.64. The van der Waals surface area contributed by atoms with Crippen LogP contribution in [-0.2, 0) is 4.74 Å². The van der Waals surface area contributed by atoms with Gasteiger partial charge in [0.05, 0.1) is 30.5 Å². The van der Waals surface area contributed by atoms with Gasteiger partial charge in [-0.2, -0.15) is 0 Å². The smallest absolute Gasteiger partial charge is 0.257 e. The molecule has 5 rings (SSSR count). The average molecular weight is 467 g/mol. The van der Waals surface area contributed by atoms with Crippen LogP contribution in [0.2, 0.25) is 0 Å². The number of amides is 1. The zero-order valence-corrected chi connectivity index (χ0v) is 19.5. The summed E-state index contributed by atoms with van der Waals surface area (Å²) >= 11 is 0. The minimum absolute atomic E-state index is 0.214. The molecular formula is C26H31FN4O3. The van der Waals surface area contributed by atoms with Gasteiger partial charge >= 0.3 is 0 Å². The third-order valence-corrected chi connectivity index (χ3v) is 7.12. The minimum atomic E-state index is -0.350. The second-order valence-electron chi connectivity index (χ2n) is 9.37. The van der Waals surface area contributed by atoms with Gasteiger partial charge in [-0.05, 0) is 49.8 Å². The van der Waals surface area contributed by atoms with Crippen LogP contribution >= 0.6 is 0 Å². The zero-order valence-electron chi connectivity index (χ0n) is 19.5. The number of fused-ring (bicyclic) bond motifs is 1. The van der Waals surface area contributed by atoms with Crippen molar-refractivity contribution >= 4 is 22.5 Å².